The highest BCUT2D eigenvalue weighted by Crippen LogP contribution is 2.22. The third kappa shape index (κ3) is 2.74. The predicted molar refractivity (Wildman–Crippen MR) is 53.2 cm³/mol. The van der Waals surface area contributed by atoms with Crippen molar-refractivity contribution in [2.45, 2.75) is 45.1 Å². The number of halogens is 1. The minimum Gasteiger partial charge on any atom is -0.258 e. The summed E-state index contributed by atoms with van der Waals surface area (Å²) in [5.41, 5.74) is 0. The van der Waals surface area contributed by atoms with Gasteiger partial charge in [0.1, 0.15) is 0 Å². The molecule has 0 saturated heterocycles. The molecule has 2 atom stereocenters. The minimum absolute atomic E-state index is 0.797. The lowest BCUT2D eigenvalue weighted by molar-refractivity contribution is 0.496. The first-order valence-electron chi connectivity index (χ1n) is 4.19. The topological polar surface area (TPSA) is 12.0 Å². The molecule has 1 fully saturated rings. The molecule has 0 spiro atoms. The molecule has 0 aliphatic heterocycles. The van der Waals surface area contributed by atoms with Crippen LogP contribution in [-0.4, -0.2) is 6.04 Å². The predicted octanol–water partition coefficient (Wildman–Crippen LogP) is 2.89. The molecule has 0 aromatic rings. The van der Waals surface area contributed by atoms with Crippen LogP contribution >= 0.6 is 22.9 Å². The second-order valence-electron chi connectivity index (χ2n) is 3.42. The van der Waals surface area contributed by atoms with Crippen molar-refractivity contribution in [1.82, 2.24) is 3.53 Å². The third-order valence-corrected chi connectivity index (χ3v) is 3.29. The van der Waals surface area contributed by atoms with Gasteiger partial charge in [0.25, 0.3) is 0 Å². The summed E-state index contributed by atoms with van der Waals surface area (Å²) in [6, 6.07) is 0.797. The smallest absolute Gasteiger partial charge is 0.0172 e. The molecule has 0 bridgehead atoms. The van der Waals surface area contributed by atoms with Crippen LogP contribution in [0.1, 0.15) is 39.0 Å². The first kappa shape index (κ1) is 8.78. The van der Waals surface area contributed by atoms with Crippen molar-refractivity contribution in [3.8, 4) is 0 Å². The zero-order chi connectivity index (χ0) is 7.40. The quantitative estimate of drug-likeness (QED) is 0.430. The van der Waals surface area contributed by atoms with Gasteiger partial charge in [-0.05, 0) is 25.2 Å². The van der Waals surface area contributed by atoms with Crippen molar-refractivity contribution in [2.24, 2.45) is 5.92 Å². The molecule has 1 unspecified atom stereocenters. The Morgan fingerprint density at radius 2 is 2.00 bits per heavy atom. The summed E-state index contributed by atoms with van der Waals surface area (Å²) in [6.07, 6.45) is 7.04. The highest BCUT2D eigenvalue weighted by Gasteiger charge is 2.14. The van der Waals surface area contributed by atoms with Crippen LogP contribution in [0, 0.1) is 5.92 Å². The lowest BCUT2D eigenvalue weighted by atomic mass is 10.0. The zero-order valence-electron chi connectivity index (χ0n) is 6.57. The molecule has 1 saturated carbocycles. The molecule has 1 nitrogen and oxygen atoms in total. The van der Waals surface area contributed by atoms with E-state index >= 15 is 0 Å². The SMILES string of the molecule is CC1CCC[C@@H](NI)CC1. The van der Waals surface area contributed by atoms with E-state index in [1.54, 1.807) is 0 Å². The van der Waals surface area contributed by atoms with Crippen LogP contribution < -0.4 is 3.53 Å². The Morgan fingerprint density at radius 1 is 1.20 bits per heavy atom. The average molecular weight is 253 g/mol. The Balaban J connectivity index is 2.26. The van der Waals surface area contributed by atoms with Gasteiger partial charge in [-0.15, -0.1) is 0 Å². The Kier molecular flexibility index (Phi) is 3.99. The van der Waals surface area contributed by atoms with E-state index in [2.05, 4.69) is 33.3 Å². The van der Waals surface area contributed by atoms with Gasteiger partial charge in [0, 0.05) is 28.9 Å². The maximum atomic E-state index is 3.33. The van der Waals surface area contributed by atoms with Gasteiger partial charge in [0.15, 0.2) is 0 Å². The van der Waals surface area contributed by atoms with Crippen molar-refractivity contribution in [2.75, 3.05) is 0 Å². The average Bonchev–Trinajstić information content (AvgIpc) is 2.14. The summed E-state index contributed by atoms with van der Waals surface area (Å²) >= 11 is 2.28. The van der Waals surface area contributed by atoms with E-state index in [9.17, 15) is 0 Å². The zero-order valence-corrected chi connectivity index (χ0v) is 8.73. The lowest BCUT2D eigenvalue weighted by Gasteiger charge is -2.10. The molecule has 1 aliphatic carbocycles. The fraction of sp³-hybridized carbons (Fsp3) is 1.00. The van der Waals surface area contributed by atoms with E-state index in [1.165, 1.54) is 32.1 Å². The normalized spacial score (nSPS) is 35.4. The summed E-state index contributed by atoms with van der Waals surface area (Å²) in [5, 5.41) is 0. The second kappa shape index (κ2) is 4.54. The molecule has 0 aromatic carbocycles. The summed E-state index contributed by atoms with van der Waals surface area (Å²) in [6.45, 7) is 2.37. The van der Waals surface area contributed by atoms with Gasteiger partial charge < -0.3 is 0 Å². The van der Waals surface area contributed by atoms with E-state index < -0.39 is 0 Å². The summed E-state index contributed by atoms with van der Waals surface area (Å²) in [4.78, 5) is 0. The van der Waals surface area contributed by atoms with Crippen molar-refractivity contribution >= 4 is 22.9 Å². The van der Waals surface area contributed by atoms with E-state index in [0.717, 1.165) is 12.0 Å². The summed E-state index contributed by atoms with van der Waals surface area (Å²) in [5.74, 6) is 0.967. The molecule has 0 amide bonds. The third-order valence-electron chi connectivity index (χ3n) is 2.41. The first-order valence-corrected chi connectivity index (χ1v) is 5.27. The minimum atomic E-state index is 0.797. The van der Waals surface area contributed by atoms with Gasteiger partial charge in [-0.25, -0.2) is 0 Å². The molecule has 0 aromatic heterocycles. The number of rotatable bonds is 1. The Hall–Kier alpha value is 0.690. The monoisotopic (exact) mass is 253 g/mol. The molecule has 10 heavy (non-hydrogen) atoms. The van der Waals surface area contributed by atoms with E-state index in [0.29, 0.717) is 0 Å². The molecule has 0 heterocycles. The Bertz CT molecular complexity index is 95.3. The Labute approximate surface area is 77.5 Å². The molecular weight excluding hydrogens is 237 g/mol. The van der Waals surface area contributed by atoms with Gasteiger partial charge in [0.05, 0.1) is 0 Å². The summed E-state index contributed by atoms with van der Waals surface area (Å²) in [7, 11) is 0. The van der Waals surface area contributed by atoms with Crippen LogP contribution in [0.5, 0.6) is 0 Å². The second-order valence-corrected chi connectivity index (χ2v) is 4.04. The number of hydrogen-bond donors (Lipinski definition) is 1. The maximum Gasteiger partial charge on any atom is 0.0172 e. The first-order chi connectivity index (χ1) is 4.83. The van der Waals surface area contributed by atoms with Crippen LogP contribution in [0.3, 0.4) is 0 Å². The van der Waals surface area contributed by atoms with E-state index in [4.69, 9.17) is 0 Å². The van der Waals surface area contributed by atoms with Crippen molar-refractivity contribution in [3.63, 3.8) is 0 Å². The molecule has 1 aliphatic rings. The molecule has 1 rings (SSSR count). The van der Waals surface area contributed by atoms with Gasteiger partial charge in [-0.1, -0.05) is 19.8 Å². The van der Waals surface area contributed by atoms with Crippen molar-refractivity contribution < 1.29 is 0 Å². The van der Waals surface area contributed by atoms with Crippen LogP contribution in [0.25, 0.3) is 0 Å². The van der Waals surface area contributed by atoms with Crippen LogP contribution in [0.15, 0.2) is 0 Å². The highest BCUT2D eigenvalue weighted by atomic mass is 127. The lowest BCUT2D eigenvalue weighted by Crippen LogP contribution is -2.18. The highest BCUT2D eigenvalue weighted by molar-refractivity contribution is 14.1. The molecular formula is C8H16IN. The fourth-order valence-electron chi connectivity index (χ4n) is 1.60. The largest absolute Gasteiger partial charge is 0.258 e. The number of nitrogens with one attached hydrogen (secondary N) is 1. The molecule has 1 N–H and O–H groups in total. The van der Waals surface area contributed by atoms with Gasteiger partial charge in [-0.3, -0.25) is 3.53 Å². The van der Waals surface area contributed by atoms with Gasteiger partial charge in [-0.2, -0.15) is 0 Å². The van der Waals surface area contributed by atoms with Crippen LogP contribution in [0.2, 0.25) is 0 Å². The molecule has 0 radical (unpaired) electrons. The van der Waals surface area contributed by atoms with Gasteiger partial charge in [0.2, 0.25) is 0 Å². The van der Waals surface area contributed by atoms with Crippen LogP contribution in [-0.2, 0) is 0 Å². The van der Waals surface area contributed by atoms with Crippen LogP contribution in [0.4, 0.5) is 0 Å². The maximum absolute atomic E-state index is 3.33. The standard InChI is InChI=1S/C8H16IN/c1-7-3-2-4-8(10-9)6-5-7/h7-8,10H,2-6H2,1H3/t7?,8-/m1/s1. The Morgan fingerprint density at radius 3 is 2.70 bits per heavy atom. The summed E-state index contributed by atoms with van der Waals surface area (Å²) < 4.78 is 3.33. The van der Waals surface area contributed by atoms with E-state index in [-0.39, 0.29) is 0 Å². The molecule has 60 valence electrons. The number of hydrogen-bond acceptors (Lipinski definition) is 1. The van der Waals surface area contributed by atoms with Crippen molar-refractivity contribution in [1.29, 1.82) is 0 Å². The molecule has 2 heteroatoms. The van der Waals surface area contributed by atoms with E-state index in [1.807, 2.05) is 0 Å². The van der Waals surface area contributed by atoms with Gasteiger partial charge >= 0.3 is 0 Å². The fourth-order valence-corrected chi connectivity index (χ4v) is 2.22. The van der Waals surface area contributed by atoms with Crippen molar-refractivity contribution in [3.05, 3.63) is 0 Å².